The predicted molar refractivity (Wildman–Crippen MR) is 27.6 cm³/mol. The molecule has 0 spiro atoms. The van der Waals surface area contributed by atoms with Gasteiger partial charge in [-0.1, -0.05) is 0 Å². The number of rotatable bonds is 0. The van der Waals surface area contributed by atoms with Gasteiger partial charge in [0.2, 0.25) is 0 Å². The summed E-state index contributed by atoms with van der Waals surface area (Å²) in [4.78, 5) is 17.2. The molecule has 0 aliphatic heterocycles. The van der Waals surface area contributed by atoms with Gasteiger partial charge in [0.15, 0.2) is 0 Å². The summed E-state index contributed by atoms with van der Waals surface area (Å²) in [6.45, 7) is 0.972. The Hall–Kier alpha value is 0.922. The predicted octanol–water partition coefficient (Wildman–Crippen LogP) is -4.45. The maximum Gasteiger partial charge on any atom is 2.00 e. The molecule has 0 bridgehead atoms. The fraction of sp³-hybridized carbons (Fsp3) is 0.333. The Labute approximate surface area is 108 Å². The van der Waals surface area contributed by atoms with Gasteiger partial charge in [0.1, 0.15) is 0 Å². The van der Waals surface area contributed by atoms with Crippen molar-refractivity contribution in [1.29, 1.82) is 0 Å². The fourth-order valence-corrected chi connectivity index (χ4v) is 0. The largest absolute Gasteiger partial charge is 2.00 e. The van der Waals surface area contributed by atoms with E-state index in [1.807, 2.05) is 0 Å². The van der Waals surface area contributed by atoms with Gasteiger partial charge in [0.25, 0.3) is 0 Å². The van der Waals surface area contributed by atoms with Crippen molar-refractivity contribution in [3.05, 3.63) is 0 Å². The van der Waals surface area contributed by atoms with Crippen LogP contribution in [0, 0.1) is 0 Å². The van der Waals surface area contributed by atoms with Crippen LogP contribution in [0.15, 0.2) is 0 Å². The maximum atomic E-state index is 8.89. The second kappa shape index (κ2) is 16.5. The van der Waals surface area contributed by atoms with Crippen molar-refractivity contribution in [2.75, 3.05) is 0 Å². The number of carboxylic acids is 1. The summed E-state index contributed by atoms with van der Waals surface area (Å²) in [5, 5.41) is 25.6. The smallest absolute Gasteiger partial charge is 0.652 e. The van der Waals surface area contributed by atoms with Gasteiger partial charge in [-0.2, -0.15) is 0 Å². The molecular weight excluding hydrogens is 363 g/mol. The van der Waals surface area contributed by atoms with Gasteiger partial charge in [-0.15, -0.1) is 0 Å². The topological polar surface area (TPSA) is 103 Å². The van der Waals surface area contributed by atoms with Gasteiger partial charge in [-0.25, -0.2) is 0 Å². The van der Waals surface area contributed by atoms with Crippen LogP contribution in [0.25, 0.3) is 0 Å². The summed E-state index contributed by atoms with van der Waals surface area (Å²) in [6, 6.07) is 0. The van der Waals surface area contributed by atoms with Gasteiger partial charge in [-0.05, 0) is 13.1 Å². The van der Waals surface area contributed by atoms with Gasteiger partial charge >= 0.3 is 65.0 Å². The van der Waals surface area contributed by atoms with Crippen molar-refractivity contribution in [3.8, 4) is 0 Å². The normalized spacial score (nSPS) is 4.90. The van der Waals surface area contributed by atoms with E-state index in [9.17, 15) is 0 Å². The molecule has 0 aromatic heterocycles. The zero-order valence-electron chi connectivity index (χ0n) is 5.25. The third-order valence-electron chi connectivity index (χ3n) is 0. The van der Waals surface area contributed by atoms with Crippen molar-refractivity contribution < 1.29 is 24.9 Å². The van der Waals surface area contributed by atoms with Crippen LogP contribution in [0.1, 0.15) is 6.92 Å². The molecule has 0 saturated heterocycles. The minimum atomic E-state index is -2.33. The number of carboxylic acid groups (broad SMARTS) is 3. The van der Waals surface area contributed by atoms with Gasteiger partial charge in [-0.3, -0.25) is 0 Å². The van der Waals surface area contributed by atoms with Crippen LogP contribution < -0.4 is 15.3 Å². The Bertz CT molecular complexity index is 74.9. The first-order chi connectivity index (χ1) is 3.46. The molecule has 0 aromatic rings. The van der Waals surface area contributed by atoms with Crippen LogP contribution >= 0.6 is 0 Å². The van der Waals surface area contributed by atoms with E-state index in [1.54, 1.807) is 0 Å². The Morgan fingerprint density at radius 3 is 1.10 bits per heavy atom. The fourth-order valence-electron chi connectivity index (χ4n) is 0. The third-order valence-corrected chi connectivity index (χ3v) is 0. The molecule has 0 unspecified atom stereocenters. The molecule has 5 nitrogen and oxygen atoms in total. The van der Waals surface area contributed by atoms with E-state index in [2.05, 4.69) is 0 Å². The summed E-state index contributed by atoms with van der Waals surface area (Å²) in [6.07, 6.45) is -2.33. The van der Waals surface area contributed by atoms with Crippen LogP contribution in [0.5, 0.6) is 0 Å². The van der Waals surface area contributed by atoms with Crippen molar-refractivity contribution >= 4 is 77.2 Å². The summed E-state index contributed by atoms with van der Waals surface area (Å²) in [5.74, 6) is -1.08. The summed E-state index contributed by atoms with van der Waals surface area (Å²) < 4.78 is 0. The zero-order chi connectivity index (χ0) is 7.15. The molecule has 2 radical (unpaired) electrons. The molecule has 0 amide bonds. The van der Waals surface area contributed by atoms with E-state index < -0.39 is 12.1 Å². The molecule has 0 aromatic carbocycles. The molecule has 0 heterocycles. The zero-order valence-corrected chi connectivity index (χ0v) is 11.3. The number of hydrogen-bond acceptors (Lipinski definition) is 5. The standard InChI is InChI=1S/C2H4O2.CH2O3.Ca.Pb/c1-2(3)4;2-1(3)4;;/h1H3,(H,3,4);(H2,2,3,4);;/q;;2*+2/p-3. The maximum absolute atomic E-state index is 8.89. The van der Waals surface area contributed by atoms with Crippen molar-refractivity contribution in [2.24, 2.45) is 0 Å². The first kappa shape index (κ1) is 22.4. The second-order valence-electron chi connectivity index (χ2n) is 0.742. The summed E-state index contributed by atoms with van der Waals surface area (Å²) in [7, 11) is 0. The number of carbonyl (C=O) groups is 2. The molecule has 10 heavy (non-hydrogen) atoms. The van der Waals surface area contributed by atoms with Crippen molar-refractivity contribution in [3.63, 3.8) is 0 Å². The summed E-state index contributed by atoms with van der Waals surface area (Å²) >= 11 is 0. The van der Waals surface area contributed by atoms with E-state index in [1.165, 1.54) is 0 Å². The minimum absolute atomic E-state index is 0. The Morgan fingerprint density at radius 1 is 1.10 bits per heavy atom. The monoisotopic (exact) mass is 367 g/mol. The minimum Gasteiger partial charge on any atom is -0.652 e. The first-order valence-electron chi connectivity index (χ1n) is 1.52. The van der Waals surface area contributed by atoms with E-state index >= 15 is 0 Å². The van der Waals surface area contributed by atoms with Crippen molar-refractivity contribution in [2.45, 2.75) is 6.92 Å². The Balaban J connectivity index is -0.0000000300. The molecule has 0 saturated carbocycles. The molecule has 0 aliphatic carbocycles. The average Bonchev–Trinajstić information content (AvgIpc) is 1.25. The van der Waals surface area contributed by atoms with E-state index in [4.69, 9.17) is 24.9 Å². The van der Waals surface area contributed by atoms with Crippen LogP contribution in [-0.2, 0) is 4.79 Å². The number of hydrogen-bond donors (Lipinski definition) is 0. The first-order valence-corrected chi connectivity index (χ1v) is 1.52. The van der Waals surface area contributed by atoms with E-state index in [0.717, 1.165) is 6.92 Å². The summed E-state index contributed by atoms with van der Waals surface area (Å²) in [5.41, 5.74) is 0. The molecule has 0 N–H and O–H groups in total. The third kappa shape index (κ3) is 659. The average molecular weight is 366 g/mol. The second-order valence-corrected chi connectivity index (χ2v) is 0.742. The molecule has 0 aliphatic rings. The van der Waals surface area contributed by atoms with E-state index in [-0.39, 0.29) is 65.0 Å². The Kier molecular flexibility index (Phi) is 37.0. The molecule has 0 atom stereocenters. The van der Waals surface area contributed by atoms with Crippen LogP contribution in [-0.4, -0.2) is 77.2 Å². The Morgan fingerprint density at radius 2 is 1.10 bits per heavy atom. The van der Waals surface area contributed by atoms with Crippen LogP contribution in [0.3, 0.4) is 0 Å². The van der Waals surface area contributed by atoms with Crippen LogP contribution in [0.4, 0.5) is 4.79 Å². The van der Waals surface area contributed by atoms with Crippen LogP contribution in [0.2, 0.25) is 0 Å². The van der Waals surface area contributed by atoms with Gasteiger partial charge in [0, 0.05) is 5.97 Å². The quantitative estimate of drug-likeness (QED) is 0.403. The molecular formula is C3H3CaO5Pb+. The molecule has 0 fully saturated rings. The molecule has 50 valence electrons. The number of carbonyl (C=O) groups excluding carboxylic acids is 2. The van der Waals surface area contributed by atoms with E-state index in [0.29, 0.717) is 0 Å². The molecule has 7 heteroatoms. The van der Waals surface area contributed by atoms with Crippen molar-refractivity contribution in [1.82, 2.24) is 0 Å². The van der Waals surface area contributed by atoms with Gasteiger partial charge < -0.3 is 24.9 Å². The number of aliphatic carboxylic acids is 1. The SMILES string of the molecule is CC(=O)[O-].O=C([O-])[O-].[Ca+2].[Pb+2]. The molecule has 0 rings (SSSR count). The van der Waals surface area contributed by atoms with Gasteiger partial charge in [0.05, 0.1) is 0 Å².